The lowest BCUT2D eigenvalue weighted by Gasteiger charge is -2.31. The van der Waals surface area contributed by atoms with Gasteiger partial charge in [-0.3, -0.25) is 9.78 Å². The van der Waals surface area contributed by atoms with E-state index in [1.54, 1.807) is 0 Å². The van der Waals surface area contributed by atoms with Crippen molar-refractivity contribution in [2.24, 2.45) is 5.92 Å². The minimum absolute atomic E-state index is 0.0347. The number of H-pyrrole nitrogens is 1. The molecule has 1 aliphatic heterocycles. The highest BCUT2D eigenvalue weighted by Gasteiger charge is 2.33. The average Bonchev–Trinajstić information content (AvgIpc) is 3.07. The van der Waals surface area contributed by atoms with Crippen molar-refractivity contribution in [1.29, 1.82) is 0 Å². The quantitative estimate of drug-likeness (QED) is 0.680. The highest BCUT2D eigenvalue weighted by molar-refractivity contribution is 7.89. The molecule has 152 valence electrons. The van der Waals surface area contributed by atoms with E-state index in [0.29, 0.717) is 30.6 Å². The zero-order valence-electron chi connectivity index (χ0n) is 15.8. The molecule has 0 saturated carbocycles. The summed E-state index contributed by atoms with van der Waals surface area (Å²) in [5, 5.41) is 2.88. The number of benzene rings is 2. The third-order valence-electron chi connectivity index (χ3n) is 5.07. The van der Waals surface area contributed by atoms with Crippen molar-refractivity contribution < 1.29 is 17.6 Å². The van der Waals surface area contributed by atoms with Crippen molar-refractivity contribution in [3.8, 4) is 0 Å². The molecule has 1 fully saturated rings. The fourth-order valence-electron chi connectivity index (χ4n) is 3.58. The van der Waals surface area contributed by atoms with Gasteiger partial charge in [0.1, 0.15) is 0 Å². The van der Waals surface area contributed by atoms with Gasteiger partial charge in [-0.15, -0.1) is 0 Å². The van der Waals surface area contributed by atoms with Crippen molar-refractivity contribution in [3.63, 3.8) is 0 Å². The van der Waals surface area contributed by atoms with Crippen LogP contribution in [-0.2, 0) is 14.8 Å². The number of hydrogen-bond donors (Lipinski definition) is 2. The van der Waals surface area contributed by atoms with Crippen LogP contribution < -0.4 is 11.1 Å². The molecule has 1 saturated heterocycles. The fraction of sp³-hybridized carbons (Fsp3) is 0.300. The van der Waals surface area contributed by atoms with Gasteiger partial charge in [-0.1, -0.05) is 12.1 Å². The van der Waals surface area contributed by atoms with Gasteiger partial charge in [0.05, 0.1) is 16.3 Å². The van der Waals surface area contributed by atoms with Crippen LogP contribution in [0.3, 0.4) is 0 Å². The second-order valence-corrected chi connectivity index (χ2v) is 9.17. The average molecular weight is 415 g/mol. The van der Waals surface area contributed by atoms with Gasteiger partial charge >= 0.3 is 5.76 Å². The summed E-state index contributed by atoms with van der Waals surface area (Å²) >= 11 is 0. The SMILES string of the molecule is Cc1cccc(NC(=O)[C@H]2CCCN(S(=O)(=O)c3ccc4[nH]c(=O)oc4c3)C2)c1. The Balaban J connectivity index is 1.53. The number of nitrogens with zero attached hydrogens (tertiary/aromatic N) is 1. The molecule has 0 aliphatic carbocycles. The first-order chi connectivity index (χ1) is 13.8. The third kappa shape index (κ3) is 3.96. The topological polar surface area (TPSA) is 112 Å². The largest absolute Gasteiger partial charge is 0.417 e. The van der Waals surface area contributed by atoms with Crippen molar-refractivity contribution in [3.05, 3.63) is 58.6 Å². The molecule has 0 radical (unpaired) electrons. The third-order valence-corrected chi connectivity index (χ3v) is 6.93. The predicted octanol–water partition coefficient (Wildman–Crippen LogP) is 2.47. The van der Waals surface area contributed by atoms with Gasteiger partial charge in [0.25, 0.3) is 0 Å². The molecule has 3 aromatic rings. The number of aromatic amines is 1. The van der Waals surface area contributed by atoms with E-state index < -0.39 is 21.7 Å². The van der Waals surface area contributed by atoms with Crippen LogP contribution in [0.1, 0.15) is 18.4 Å². The lowest BCUT2D eigenvalue weighted by atomic mass is 9.98. The summed E-state index contributed by atoms with van der Waals surface area (Å²) in [7, 11) is -3.81. The van der Waals surface area contributed by atoms with Gasteiger partial charge in [-0.25, -0.2) is 13.2 Å². The summed E-state index contributed by atoms with van der Waals surface area (Å²) in [6.07, 6.45) is 1.21. The van der Waals surface area contributed by atoms with Crippen molar-refractivity contribution >= 4 is 32.7 Å². The number of carbonyl (C=O) groups excluding carboxylic acids is 1. The number of anilines is 1. The van der Waals surface area contributed by atoms with Crippen LogP contribution in [0.2, 0.25) is 0 Å². The Bertz CT molecular complexity index is 1230. The Kier molecular flexibility index (Phi) is 5.01. The molecule has 1 aromatic heterocycles. The number of carbonyl (C=O) groups is 1. The number of amides is 1. The summed E-state index contributed by atoms with van der Waals surface area (Å²) in [6, 6.07) is 11.7. The van der Waals surface area contributed by atoms with Gasteiger partial charge < -0.3 is 9.73 Å². The van der Waals surface area contributed by atoms with E-state index in [9.17, 15) is 18.0 Å². The number of piperidine rings is 1. The number of nitrogens with one attached hydrogen (secondary N) is 2. The monoisotopic (exact) mass is 415 g/mol. The Morgan fingerprint density at radius 3 is 2.86 bits per heavy atom. The molecular weight excluding hydrogens is 394 g/mol. The van der Waals surface area contributed by atoms with E-state index >= 15 is 0 Å². The van der Waals surface area contributed by atoms with E-state index in [-0.39, 0.29) is 22.9 Å². The second-order valence-electron chi connectivity index (χ2n) is 7.23. The molecule has 1 amide bonds. The van der Waals surface area contributed by atoms with Crippen LogP contribution in [0.5, 0.6) is 0 Å². The molecule has 2 aromatic carbocycles. The Labute approximate surface area is 167 Å². The highest BCUT2D eigenvalue weighted by atomic mass is 32.2. The normalized spacial score (nSPS) is 18.0. The molecule has 29 heavy (non-hydrogen) atoms. The van der Waals surface area contributed by atoms with Crippen LogP contribution in [0, 0.1) is 12.8 Å². The maximum Gasteiger partial charge on any atom is 0.417 e. The summed E-state index contributed by atoms with van der Waals surface area (Å²) in [4.78, 5) is 26.5. The summed E-state index contributed by atoms with van der Waals surface area (Å²) in [6.45, 7) is 2.38. The van der Waals surface area contributed by atoms with Crippen LogP contribution in [0.25, 0.3) is 11.1 Å². The molecule has 2 N–H and O–H groups in total. The summed E-state index contributed by atoms with van der Waals surface area (Å²) in [5.74, 6) is -1.27. The predicted molar refractivity (Wildman–Crippen MR) is 108 cm³/mol. The highest BCUT2D eigenvalue weighted by Crippen LogP contribution is 2.26. The zero-order valence-corrected chi connectivity index (χ0v) is 16.7. The minimum atomic E-state index is -3.81. The lowest BCUT2D eigenvalue weighted by molar-refractivity contribution is -0.120. The Morgan fingerprint density at radius 1 is 1.24 bits per heavy atom. The van der Waals surface area contributed by atoms with Crippen molar-refractivity contribution in [2.45, 2.75) is 24.7 Å². The fourth-order valence-corrected chi connectivity index (χ4v) is 5.12. The zero-order chi connectivity index (χ0) is 20.6. The molecule has 9 heteroatoms. The smallest absolute Gasteiger partial charge is 0.408 e. The molecule has 4 rings (SSSR count). The number of sulfonamides is 1. The number of rotatable bonds is 4. The number of aromatic nitrogens is 1. The maximum atomic E-state index is 13.1. The minimum Gasteiger partial charge on any atom is -0.408 e. The van der Waals surface area contributed by atoms with Crippen molar-refractivity contribution in [2.75, 3.05) is 18.4 Å². The van der Waals surface area contributed by atoms with Crippen LogP contribution in [-0.4, -0.2) is 36.7 Å². The van der Waals surface area contributed by atoms with Crippen LogP contribution in [0.15, 0.2) is 56.6 Å². The van der Waals surface area contributed by atoms with E-state index in [4.69, 9.17) is 4.42 Å². The van der Waals surface area contributed by atoms with Crippen LogP contribution in [0.4, 0.5) is 5.69 Å². The van der Waals surface area contributed by atoms with Gasteiger partial charge in [0.2, 0.25) is 15.9 Å². The molecule has 0 unspecified atom stereocenters. The lowest BCUT2D eigenvalue weighted by Crippen LogP contribution is -2.43. The van der Waals surface area contributed by atoms with E-state index in [0.717, 1.165) is 5.56 Å². The Morgan fingerprint density at radius 2 is 2.07 bits per heavy atom. The molecule has 8 nitrogen and oxygen atoms in total. The van der Waals surface area contributed by atoms with Gasteiger partial charge in [0, 0.05) is 24.8 Å². The van der Waals surface area contributed by atoms with Crippen molar-refractivity contribution in [1.82, 2.24) is 9.29 Å². The van der Waals surface area contributed by atoms with E-state index in [1.165, 1.54) is 22.5 Å². The van der Waals surface area contributed by atoms with Crippen LogP contribution >= 0.6 is 0 Å². The Hall–Kier alpha value is -2.91. The molecule has 1 aliphatic rings. The number of oxazole rings is 1. The first-order valence-corrected chi connectivity index (χ1v) is 10.8. The summed E-state index contributed by atoms with van der Waals surface area (Å²) in [5.41, 5.74) is 2.34. The number of hydrogen-bond acceptors (Lipinski definition) is 5. The standard InChI is InChI=1S/C20H21N3O5S/c1-13-4-2-6-15(10-13)21-19(24)14-5-3-9-23(12-14)29(26,27)16-7-8-17-18(11-16)28-20(25)22-17/h2,4,6-8,10-11,14H,3,5,9,12H2,1H3,(H,21,24)(H,22,25)/t14-/m0/s1. The van der Waals surface area contributed by atoms with E-state index in [2.05, 4.69) is 10.3 Å². The first kappa shape index (κ1) is 19.4. The first-order valence-electron chi connectivity index (χ1n) is 9.33. The van der Waals surface area contributed by atoms with E-state index in [1.807, 2.05) is 31.2 Å². The van der Waals surface area contributed by atoms with Gasteiger partial charge in [-0.2, -0.15) is 4.31 Å². The molecule has 0 spiro atoms. The number of aryl methyl sites for hydroxylation is 1. The molecular formula is C20H21N3O5S. The molecule has 1 atom stereocenters. The molecule has 0 bridgehead atoms. The second kappa shape index (κ2) is 7.49. The van der Waals surface area contributed by atoms with Gasteiger partial charge in [0.15, 0.2) is 5.58 Å². The maximum absolute atomic E-state index is 13.1. The summed E-state index contributed by atoms with van der Waals surface area (Å²) < 4.78 is 32.4. The number of fused-ring (bicyclic) bond motifs is 1. The molecule has 2 heterocycles. The van der Waals surface area contributed by atoms with Gasteiger partial charge in [-0.05, 0) is 49.6 Å².